The molecule has 7 nitrogen and oxygen atoms in total. The Kier molecular flexibility index (Phi) is 4.87. The number of ether oxygens (including phenoxy) is 2. The number of rotatable bonds is 4. The number of allylic oxidation sites excluding steroid dienone is 4. The molecule has 1 heterocycles. The van der Waals surface area contributed by atoms with Gasteiger partial charge in [-0.25, -0.2) is 4.79 Å². The van der Waals surface area contributed by atoms with E-state index >= 15 is 0 Å². The van der Waals surface area contributed by atoms with E-state index in [1.165, 1.54) is 0 Å². The molecule has 4 fully saturated rings. The summed E-state index contributed by atoms with van der Waals surface area (Å²) in [5, 5.41) is 21.2. The predicted molar refractivity (Wildman–Crippen MR) is 113 cm³/mol. The van der Waals surface area contributed by atoms with Crippen LogP contribution in [0, 0.1) is 28.6 Å². The summed E-state index contributed by atoms with van der Waals surface area (Å²) in [6.07, 6.45) is 6.97. The molecule has 0 aromatic rings. The molecule has 174 valence electrons. The minimum atomic E-state index is -1.58. The molecule has 7 heteroatoms. The third-order valence-electron chi connectivity index (χ3n) is 9.35. The van der Waals surface area contributed by atoms with Gasteiger partial charge in [-0.3, -0.25) is 9.59 Å². The summed E-state index contributed by atoms with van der Waals surface area (Å²) in [6.45, 7) is 5.99. The largest absolute Gasteiger partial charge is 0.475 e. The number of Topliss-reactive ketones (excluding diaryl/α,β-unsaturated/α-hetero) is 1. The highest BCUT2D eigenvalue weighted by Gasteiger charge is 2.76. The fourth-order valence-electron chi connectivity index (χ4n) is 8.06. The zero-order chi connectivity index (χ0) is 23.1. The number of aliphatic carboxylic acids is 1. The summed E-state index contributed by atoms with van der Waals surface area (Å²) in [7, 11) is 0. The van der Waals surface area contributed by atoms with Gasteiger partial charge in [-0.15, -0.1) is 0 Å². The number of fused-ring (bicyclic) bond motifs is 7. The van der Waals surface area contributed by atoms with Crippen LogP contribution in [0.2, 0.25) is 0 Å². The summed E-state index contributed by atoms with van der Waals surface area (Å²) in [5.74, 6) is -2.53. The molecule has 0 aromatic carbocycles. The zero-order valence-electron chi connectivity index (χ0n) is 18.9. The van der Waals surface area contributed by atoms with Gasteiger partial charge in [0.2, 0.25) is 0 Å². The first-order chi connectivity index (χ1) is 15.1. The Morgan fingerprint density at radius 2 is 2.03 bits per heavy atom. The second kappa shape index (κ2) is 7.08. The van der Waals surface area contributed by atoms with Crippen LogP contribution in [0.15, 0.2) is 23.8 Å². The lowest BCUT2D eigenvalue weighted by atomic mass is 9.46. The van der Waals surface area contributed by atoms with Gasteiger partial charge in [0.05, 0.1) is 12.2 Å². The maximum absolute atomic E-state index is 13.2. The number of hydrogen-bond acceptors (Lipinski definition) is 6. The Morgan fingerprint density at radius 3 is 2.72 bits per heavy atom. The Hall–Kier alpha value is -1.83. The number of aliphatic hydroxyl groups excluding tert-OH is 1. The average Bonchev–Trinajstić information content (AvgIpc) is 3.20. The van der Waals surface area contributed by atoms with Gasteiger partial charge < -0.3 is 19.7 Å². The van der Waals surface area contributed by atoms with E-state index in [1.54, 1.807) is 12.2 Å². The number of carbonyl (C=O) groups is 3. The van der Waals surface area contributed by atoms with Gasteiger partial charge in [0.15, 0.2) is 17.7 Å². The number of carboxylic acids is 1. The van der Waals surface area contributed by atoms with Crippen LogP contribution >= 0.6 is 0 Å². The molecule has 3 saturated carbocycles. The minimum absolute atomic E-state index is 0.0174. The molecule has 4 unspecified atom stereocenters. The maximum Gasteiger partial charge on any atom is 0.375 e. The molecule has 0 aromatic heterocycles. The molecule has 9 atom stereocenters. The van der Waals surface area contributed by atoms with E-state index < -0.39 is 46.7 Å². The molecule has 5 aliphatic rings. The van der Waals surface area contributed by atoms with Gasteiger partial charge in [-0.05, 0) is 56.1 Å². The van der Waals surface area contributed by atoms with E-state index in [0.717, 1.165) is 24.8 Å². The standard InChI is InChI=1S/C25H32O7/c1-4-5-19-31-18-11-16-15-7-6-13-10-14(26)8-9-23(13,2)20(15)17(27)12-24(16,3)25(18,32-19)21(28)22(29)30/h8-10,15-20,27H,4-7,11-12H2,1-3H3,(H,29,30)/t15?,16?,17-,18+,19?,20?,23-,24-,25-/m0/s1. The van der Waals surface area contributed by atoms with Gasteiger partial charge in [0.1, 0.15) is 0 Å². The highest BCUT2D eigenvalue weighted by atomic mass is 16.7. The molecule has 1 aliphatic heterocycles. The zero-order valence-corrected chi connectivity index (χ0v) is 18.9. The Labute approximate surface area is 187 Å². The van der Waals surface area contributed by atoms with Crippen molar-refractivity contribution in [2.75, 3.05) is 0 Å². The van der Waals surface area contributed by atoms with Crippen molar-refractivity contribution in [3.8, 4) is 0 Å². The second-order valence-electron chi connectivity index (χ2n) is 10.8. The fraction of sp³-hybridized carbons (Fsp3) is 0.720. The minimum Gasteiger partial charge on any atom is -0.475 e. The van der Waals surface area contributed by atoms with Crippen molar-refractivity contribution in [3.05, 3.63) is 23.8 Å². The van der Waals surface area contributed by atoms with Crippen molar-refractivity contribution in [1.82, 2.24) is 0 Å². The van der Waals surface area contributed by atoms with Crippen molar-refractivity contribution in [2.45, 2.75) is 83.4 Å². The Bertz CT molecular complexity index is 937. The third kappa shape index (κ3) is 2.62. The van der Waals surface area contributed by atoms with E-state index in [1.807, 2.05) is 19.9 Å². The summed E-state index contributed by atoms with van der Waals surface area (Å²) in [6, 6.07) is 0. The first kappa shape index (κ1) is 22.0. The van der Waals surface area contributed by atoms with Crippen LogP contribution in [-0.2, 0) is 23.9 Å². The summed E-state index contributed by atoms with van der Waals surface area (Å²) in [4.78, 5) is 37.1. The van der Waals surface area contributed by atoms with E-state index in [2.05, 4.69) is 6.92 Å². The van der Waals surface area contributed by atoms with Crippen LogP contribution in [0.4, 0.5) is 0 Å². The Morgan fingerprint density at radius 1 is 1.28 bits per heavy atom. The molecule has 0 radical (unpaired) electrons. The number of aliphatic hydroxyl groups is 1. The summed E-state index contributed by atoms with van der Waals surface area (Å²) >= 11 is 0. The van der Waals surface area contributed by atoms with Gasteiger partial charge >= 0.3 is 5.97 Å². The second-order valence-corrected chi connectivity index (χ2v) is 10.8. The molecule has 32 heavy (non-hydrogen) atoms. The van der Waals surface area contributed by atoms with E-state index in [0.29, 0.717) is 12.8 Å². The van der Waals surface area contributed by atoms with Crippen molar-refractivity contribution < 1.29 is 34.1 Å². The van der Waals surface area contributed by atoms with Crippen LogP contribution in [0.5, 0.6) is 0 Å². The smallest absolute Gasteiger partial charge is 0.375 e. The average molecular weight is 445 g/mol. The molecular weight excluding hydrogens is 412 g/mol. The molecule has 0 spiro atoms. The fourth-order valence-corrected chi connectivity index (χ4v) is 8.06. The van der Waals surface area contributed by atoms with E-state index in [9.17, 15) is 24.6 Å². The number of hydrogen-bond donors (Lipinski definition) is 2. The molecular formula is C25H32O7. The number of carbonyl (C=O) groups excluding carboxylic acids is 2. The van der Waals surface area contributed by atoms with Crippen molar-refractivity contribution in [2.24, 2.45) is 28.6 Å². The normalized spacial score (nSPS) is 49.0. The summed E-state index contributed by atoms with van der Waals surface area (Å²) in [5.41, 5.74) is -1.79. The Balaban J connectivity index is 1.57. The van der Waals surface area contributed by atoms with E-state index in [-0.39, 0.29) is 30.0 Å². The molecule has 2 N–H and O–H groups in total. The third-order valence-corrected chi connectivity index (χ3v) is 9.35. The van der Waals surface area contributed by atoms with Gasteiger partial charge in [0.25, 0.3) is 5.78 Å². The van der Waals surface area contributed by atoms with Gasteiger partial charge in [-0.2, -0.15) is 0 Å². The highest BCUT2D eigenvalue weighted by molar-refractivity contribution is 6.36. The van der Waals surface area contributed by atoms with Crippen LogP contribution < -0.4 is 0 Å². The first-order valence-corrected chi connectivity index (χ1v) is 11.8. The number of ketones is 2. The van der Waals surface area contributed by atoms with Crippen LogP contribution in [0.1, 0.15) is 59.3 Å². The van der Waals surface area contributed by atoms with Gasteiger partial charge in [-0.1, -0.05) is 38.8 Å². The van der Waals surface area contributed by atoms with Crippen molar-refractivity contribution in [3.63, 3.8) is 0 Å². The van der Waals surface area contributed by atoms with Crippen molar-refractivity contribution >= 4 is 17.5 Å². The maximum atomic E-state index is 13.2. The number of carboxylic acid groups (broad SMARTS) is 1. The lowest BCUT2D eigenvalue weighted by Gasteiger charge is -2.59. The van der Waals surface area contributed by atoms with Crippen LogP contribution in [-0.4, -0.2) is 51.8 Å². The molecule has 4 aliphatic carbocycles. The molecule has 0 amide bonds. The van der Waals surface area contributed by atoms with Crippen LogP contribution in [0.3, 0.4) is 0 Å². The quantitative estimate of drug-likeness (QED) is 0.642. The van der Waals surface area contributed by atoms with Gasteiger partial charge in [0, 0.05) is 16.7 Å². The summed E-state index contributed by atoms with van der Waals surface area (Å²) < 4.78 is 12.4. The first-order valence-electron chi connectivity index (χ1n) is 11.8. The van der Waals surface area contributed by atoms with Crippen molar-refractivity contribution in [1.29, 1.82) is 0 Å². The monoisotopic (exact) mass is 444 g/mol. The highest BCUT2D eigenvalue weighted by Crippen LogP contribution is 2.69. The SMILES string of the molecule is CCCC1O[C@@H]2CC3C4CCC5=CC(=O)C=C[C@]5(C)C4[C@@H](O)C[C@]3(C)[C@]2(C(=O)C(=O)O)O1. The molecule has 1 saturated heterocycles. The molecule has 0 bridgehead atoms. The van der Waals surface area contributed by atoms with Crippen LogP contribution in [0.25, 0.3) is 0 Å². The van der Waals surface area contributed by atoms with E-state index in [4.69, 9.17) is 9.47 Å². The molecule has 5 rings (SSSR count). The lowest BCUT2D eigenvalue weighted by molar-refractivity contribution is -0.201. The lowest BCUT2D eigenvalue weighted by Crippen LogP contribution is -2.64. The predicted octanol–water partition coefficient (Wildman–Crippen LogP) is 2.81. The topological polar surface area (TPSA) is 110 Å².